The zero-order chi connectivity index (χ0) is 12.1. The number of anilines is 1. The summed E-state index contributed by atoms with van der Waals surface area (Å²) in [5.74, 6) is 0. The average molecular weight is 288 g/mol. The lowest BCUT2D eigenvalue weighted by molar-refractivity contribution is 0.183. The van der Waals surface area contributed by atoms with Crippen molar-refractivity contribution in [2.75, 3.05) is 25.7 Å². The molecular formula is C12H18BrNO2. The number of rotatable bonds is 5. The maximum atomic E-state index is 9.32. The van der Waals surface area contributed by atoms with E-state index in [2.05, 4.69) is 27.8 Å². The number of halogens is 1. The Bertz CT molecular complexity index is 344. The van der Waals surface area contributed by atoms with Gasteiger partial charge in [0.15, 0.2) is 0 Å². The molecule has 1 rings (SSSR count). The first-order valence-electron chi connectivity index (χ1n) is 5.21. The highest BCUT2D eigenvalue weighted by molar-refractivity contribution is 9.10. The topological polar surface area (TPSA) is 32.7 Å². The summed E-state index contributed by atoms with van der Waals surface area (Å²) in [6.07, 6.45) is 0. The summed E-state index contributed by atoms with van der Waals surface area (Å²) >= 11 is 3.40. The van der Waals surface area contributed by atoms with Crippen LogP contribution in [0, 0.1) is 0 Å². The summed E-state index contributed by atoms with van der Waals surface area (Å²) in [5.41, 5.74) is 1.95. The Morgan fingerprint density at radius 2 is 2.19 bits per heavy atom. The van der Waals surface area contributed by atoms with Gasteiger partial charge in [0.05, 0.1) is 13.2 Å². The molecule has 0 fully saturated rings. The third-order valence-electron chi connectivity index (χ3n) is 2.66. The van der Waals surface area contributed by atoms with Crippen LogP contribution in [-0.2, 0) is 11.3 Å². The van der Waals surface area contributed by atoms with Crippen LogP contribution in [0.5, 0.6) is 0 Å². The second kappa shape index (κ2) is 6.23. The molecule has 90 valence electrons. The van der Waals surface area contributed by atoms with Crippen molar-refractivity contribution in [3.05, 3.63) is 28.2 Å². The van der Waals surface area contributed by atoms with Gasteiger partial charge in [0.1, 0.15) is 0 Å². The van der Waals surface area contributed by atoms with Gasteiger partial charge in [0.2, 0.25) is 0 Å². The average Bonchev–Trinajstić information content (AvgIpc) is 2.28. The lowest BCUT2D eigenvalue weighted by Crippen LogP contribution is -2.33. The first kappa shape index (κ1) is 13.5. The molecule has 0 amide bonds. The zero-order valence-corrected chi connectivity index (χ0v) is 11.5. The third kappa shape index (κ3) is 3.20. The Morgan fingerprint density at radius 3 is 2.75 bits per heavy atom. The van der Waals surface area contributed by atoms with Crippen LogP contribution in [0.25, 0.3) is 0 Å². The van der Waals surface area contributed by atoms with E-state index in [1.807, 2.05) is 25.2 Å². The third-order valence-corrected chi connectivity index (χ3v) is 3.15. The van der Waals surface area contributed by atoms with Crippen molar-refractivity contribution < 1.29 is 9.84 Å². The summed E-state index contributed by atoms with van der Waals surface area (Å²) in [6, 6.07) is 6.19. The van der Waals surface area contributed by atoms with E-state index in [9.17, 15) is 5.11 Å². The molecule has 0 aromatic heterocycles. The molecule has 1 aromatic rings. The van der Waals surface area contributed by atoms with Crippen LogP contribution in [0.15, 0.2) is 22.7 Å². The van der Waals surface area contributed by atoms with Gasteiger partial charge < -0.3 is 14.7 Å². The van der Waals surface area contributed by atoms with Crippen LogP contribution in [0.1, 0.15) is 12.5 Å². The predicted octanol–water partition coefficient (Wildman–Crippen LogP) is 2.41. The molecule has 0 spiro atoms. The second-order valence-electron chi connectivity index (χ2n) is 3.85. The second-order valence-corrected chi connectivity index (χ2v) is 4.76. The molecule has 0 heterocycles. The molecule has 0 radical (unpaired) electrons. The van der Waals surface area contributed by atoms with E-state index < -0.39 is 0 Å². The Hall–Kier alpha value is -0.580. The van der Waals surface area contributed by atoms with E-state index in [1.165, 1.54) is 0 Å². The summed E-state index contributed by atoms with van der Waals surface area (Å²) in [5, 5.41) is 9.32. The van der Waals surface area contributed by atoms with E-state index >= 15 is 0 Å². The van der Waals surface area contributed by atoms with Gasteiger partial charge in [-0.2, -0.15) is 0 Å². The van der Waals surface area contributed by atoms with Gasteiger partial charge in [-0.3, -0.25) is 0 Å². The van der Waals surface area contributed by atoms with Crippen molar-refractivity contribution >= 4 is 21.6 Å². The number of likely N-dealkylation sites (N-methyl/N-ethyl adjacent to an activating group) is 1. The molecule has 1 aromatic carbocycles. The number of benzene rings is 1. The van der Waals surface area contributed by atoms with Crippen molar-refractivity contribution in [2.24, 2.45) is 0 Å². The molecule has 1 N–H and O–H groups in total. The predicted molar refractivity (Wildman–Crippen MR) is 69.8 cm³/mol. The molecule has 0 aliphatic rings. The monoisotopic (exact) mass is 287 g/mol. The molecule has 3 nitrogen and oxygen atoms in total. The van der Waals surface area contributed by atoms with Gasteiger partial charge in [-0.1, -0.05) is 15.9 Å². The quantitative estimate of drug-likeness (QED) is 0.903. The van der Waals surface area contributed by atoms with Crippen molar-refractivity contribution in [1.29, 1.82) is 0 Å². The molecule has 0 aliphatic carbocycles. The first-order valence-corrected chi connectivity index (χ1v) is 6.00. The number of hydrogen-bond donors (Lipinski definition) is 1. The van der Waals surface area contributed by atoms with Gasteiger partial charge in [0.25, 0.3) is 0 Å². The molecular weight excluding hydrogens is 270 g/mol. The van der Waals surface area contributed by atoms with Gasteiger partial charge in [0, 0.05) is 35.9 Å². The number of hydrogen-bond acceptors (Lipinski definition) is 3. The molecule has 0 saturated carbocycles. The van der Waals surface area contributed by atoms with Crippen LogP contribution >= 0.6 is 15.9 Å². The fourth-order valence-electron chi connectivity index (χ4n) is 1.62. The molecule has 0 bridgehead atoms. The normalized spacial score (nSPS) is 12.6. The Morgan fingerprint density at radius 1 is 1.50 bits per heavy atom. The van der Waals surface area contributed by atoms with Crippen molar-refractivity contribution in [2.45, 2.75) is 19.6 Å². The minimum absolute atomic E-state index is 0.0405. The Balaban J connectivity index is 2.93. The van der Waals surface area contributed by atoms with Crippen LogP contribution in [0.3, 0.4) is 0 Å². The largest absolute Gasteiger partial charge is 0.392 e. The summed E-state index contributed by atoms with van der Waals surface area (Å²) < 4.78 is 6.11. The fourth-order valence-corrected chi connectivity index (χ4v) is 2.02. The minimum atomic E-state index is 0.0405. The molecule has 16 heavy (non-hydrogen) atoms. The summed E-state index contributed by atoms with van der Waals surface area (Å²) in [7, 11) is 3.70. The van der Waals surface area contributed by atoms with E-state index in [4.69, 9.17) is 4.74 Å². The summed E-state index contributed by atoms with van der Waals surface area (Å²) in [6.45, 7) is 2.79. The minimum Gasteiger partial charge on any atom is -0.392 e. The van der Waals surface area contributed by atoms with Gasteiger partial charge >= 0.3 is 0 Å². The van der Waals surface area contributed by atoms with Crippen molar-refractivity contribution in [1.82, 2.24) is 0 Å². The van der Waals surface area contributed by atoms with Gasteiger partial charge in [-0.15, -0.1) is 0 Å². The highest BCUT2D eigenvalue weighted by atomic mass is 79.9. The number of methoxy groups -OCH3 is 1. The van der Waals surface area contributed by atoms with Crippen LogP contribution < -0.4 is 4.90 Å². The van der Waals surface area contributed by atoms with E-state index in [1.54, 1.807) is 7.11 Å². The van der Waals surface area contributed by atoms with Crippen LogP contribution in [0.4, 0.5) is 5.69 Å². The van der Waals surface area contributed by atoms with Gasteiger partial charge in [-0.05, 0) is 25.1 Å². The molecule has 1 unspecified atom stereocenters. The highest BCUT2D eigenvalue weighted by Crippen LogP contribution is 2.25. The fraction of sp³-hybridized carbons (Fsp3) is 0.500. The standard InChI is InChI=1S/C12H18BrNO2/c1-9(8-16-3)14(2)12-5-4-11(13)6-10(12)7-15/h4-6,9,15H,7-8H2,1-3H3. The lowest BCUT2D eigenvalue weighted by atomic mass is 10.1. The highest BCUT2D eigenvalue weighted by Gasteiger charge is 2.13. The molecule has 1 atom stereocenters. The number of aliphatic hydroxyl groups excluding tert-OH is 1. The number of ether oxygens (including phenoxy) is 1. The Kier molecular flexibility index (Phi) is 5.25. The van der Waals surface area contributed by atoms with E-state index in [0.29, 0.717) is 6.61 Å². The number of nitrogens with zero attached hydrogens (tertiary/aromatic N) is 1. The lowest BCUT2D eigenvalue weighted by Gasteiger charge is -2.28. The molecule has 0 aliphatic heterocycles. The molecule has 0 saturated heterocycles. The van der Waals surface area contributed by atoms with Crippen LogP contribution in [0.2, 0.25) is 0 Å². The SMILES string of the molecule is COCC(C)N(C)c1ccc(Br)cc1CO. The number of aliphatic hydroxyl groups is 1. The van der Waals surface area contributed by atoms with Crippen LogP contribution in [-0.4, -0.2) is 31.9 Å². The maximum absolute atomic E-state index is 9.32. The van der Waals surface area contributed by atoms with E-state index in [-0.39, 0.29) is 12.6 Å². The maximum Gasteiger partial charge on any atom is 0.0702 e. The first-order chi connectivity index (χ1) is 7.60. The summed E-state index contributed by atoms with van der Waals surface area (Å²) in [4.78, 5) is 2.11. The van der Waals surface area contributed by atoms with Gasteiger partial charge in [-0.25, -0.2) is 0 Å². The van der Waals surface area contributed by atoms with Crippen molar-refractivity contribution in [3.8, 4) is 0 Å². The Labute approximate surface area is 105 Å². The van der Waals surface area contributed by atoms with E-state index in [0.717, 1.165) is 15.7 Å². The van der Waals surface area contributed by atoms with Crippen molar-refractivity contribution in [3.63, 3.8) is 0 Å². The zero-order valence-electron chi connectivity index (χ0n) is 9.90. The smallest absolute Gasteiger partial charge is 0.0702 e. The molecule has 4 heteroatoms.